The highest BCUT2D eigenvalue weighted by Gasteiger charge is 2.37. The number of aliphatic imine (C=N–C) groups is 1. The van der Waals surface area contributed by atoms with Gasteiger partial charge in [0.15, 0.2) is 5.17 Å². The van der Waals surface area contributed by atoms with Crippen LogP contribution in [0.1, 0.15) is 24.1 Å². The molecule has 1 heterocycles. The molecule has 0 radical (unpaired) electrons. The predicted octanol–water partition coefficient (Wildman–Crippen LogP) is 6.12. The van der Waals surface area contributed by atoms with Crippen LogP contribution in [0, 0.1) is 0 Å². The van der Waals surface area contributed by atoms with Crippen molar-refractivity contribution in [2.45, 2.75) is 13.0 Å². The molecule has 1 aliphatic heterocycles. The summed E-state index contributed by atoms with van der Waals surface area (Å²) in [4.78, 5) is 22.8. The van der Waals surface area contributed by atoms with Crippen LogP contribution in [0.2, 0.25) is 0 Å². The Labute approximate surface area is 187 Å². The molecule has 0 unspecified atom stereocenters. The van der Waals surface area contributed by atoms with E-state index in [0.29, 0.717) is 10.1 Å². The second-order valence-electron chi connectivity index (χ2n) is 7.59. The van der Waals surface area contributed by atoms with Crippen LogP contribution in [0.3, 0.4) is 0 Å². The summed E-state index contributed by atoms with van der Waals surface area (Å²) in [6.07, 6.45) is 1.95. The molecular formula is C26H25N3OS. The summed E-state index contributed by atoms with van der Waals surface area (Å²) in [5.41, 5.74) is 4.03. The molecule has 0 spiro atoms. The molecule has 0 aliphatic carbocycles. The average molecular weight is 428 g/mol. The van der Waals surface area contributed by atoms with Crippen molar-refractivity contribution in [3.05, 3.63) is 101 Å². The lowest BCUT2D eigenvalue weighted by Crippen LogP contribution is -2.32. The van der Waals surface area contributed by atoms with E-state index in [2.05, 4.69) is 17.0 Å². The van der Waals surface area contributed by atoms with Gasteiger partial charge in [0.05, 0.1) is 16.6 Å². The molecule has 1 saturated heterocycles. The number of nitrogens with zero attached hydrogens (tertiary/aromatic N) is 3. The van der Waals surface area contributed by atoms with Crippen LogP contribution in [0.25, 0.3) is 6.08 Å². The molecular weight excluding hydrogens is 402 g/mol. The van der Waals surface area contributed by atoms with Crippen LogP contribution in [0.15, 0.2) is 94.8 Å². The Morgan fingerprint density at radius 2 is 1.52 bits per heavy atom. The van der Waals surface area contributed by atoms with E-state index in [1.807, 2.05) is 99.9 Å². The number of anilines is 1. The average Bonchev–Trinajstić information content (AvgIpc) is 3.09. The fraction of sp³-hybridized carbons (Fsp3) is 0.154. The van der Waals surface area contributed by atoms with Crippen LogP contribution in [0.5, 0.6) is 0 Å². The van der Waals surface area contributed by atoms with Gasteiger partial charge in [-0.05, 0) is 60.2 Å². The number of carbonyl (C=O) groups is 1. The molecule has 0 bridgehead atoms. The van der Waals surface area contributed by atoms with Crippen LogP contribution < -0.4 is 4.90 Å². The third-order valence-corrected chi connectivity index (χ3v) is 6.18. The summed E-state index contributed by atoms with van der Waals surface area (Å²) in [5, 5.41) is 0.698. The van der Waals surface area contributed by atoms with Gasteiger partial charge in [0, 0.05) is 19.8 Å². The van der Waals surface area contributed by atoms with Crippen molar-refractivity contribution < 1.29 is 4.79 Å². The van der Waals surface area contributed by atoms with Crippen molar-refractivity contribution in [3.63, 3.8) is 0 Å². The SMILES string of the molecule is C[C@H](c1ccccc1)N1C(=O)/C(=C\c2ccc(N(C)C)cc2)SC1=Nc1ccccc1. The lowest BCUT2D eigenvalue weighted by Gasteiger charge is -2.24. The molecule has 1 atom stereocenters. The highest BCUT2D eigenvalue weighted by atomic mass is 32.2. The van der Waals surface area contributed by atoms with Gasteiger partial charge in [-0.3, -0.25) is 9.69 Å². The number of hydrogen-bond donors (Lipinski definition) is 0. The second-order valence-corrected chi connectivity index (χ2v) is 8.60. The Hall–Kier alpha value is -3.31. The minimum absolute atomic E-state index is 0.0206. The quantitative estimate of drug-likeness (QED) is 0.460. The first-order chi connectivity index (χ1) is 15.0. The summed E-state index contributed by atoms with van der Waals surface area (Å²) in [6, 6.07) is 27.9. The van der Waals surface area contributed by atoms with Gasteiger partial charge in [0.2, 0.25) is 0 Å². The third-order valence-electron chi connectivity index (χ3n) is 5.19. The van der Waals surface area contributed by atoms with Crippen molar-refractivity contribution in [2.24, 2.45) is 4.99 Å². The van der Waals surface area contributed by atoms with Crippen molar-refractivity contribution in [1.82, 2.24) is 4.90 Å². The molecule has 5 heteroatoms. The first-order valence-corrected chi connectivity index (χ1v) is 11.0. The maximum Gasteiger partial charge on any atom is 0.267 e. The molecule has 3 aromatic rings. The van der Waals surface area contributed by atoms with Gasteiger partial charge in [-0.1, -0.05) is 60.7 Å². The van der Waals surface area contributed by atoms with E-state index in [9.17, 15) is 4.79 Å². The maximum absolute atomic E-state index is 13.4. The highest BCUT2D eigenvalue weighted by Crippen LogP contribution is 2.39. The van der Waals surface area contributed by atoms with E-state index in [0.717, 1.165) is 22.5 Å². The summed E-state index contributed by atoms with van der Waals surface area (Å²) < 4.78 is 0. The first-order valence-electron chi connectivity index (χ1n) is 10.2. The van der Waals surface area contributed by atoms with Gasteiger partial charge < -0.3 is 4.90 Å². The molecule has 4 rings (SSSR count). The zero-order valence-electron chi connectivity index (χ0n) is 17.9. The Kier molecular flexibility index (Phi) is 6.23. The third kappa shape index (κ3) is 4.72. The van der Waals surface area contributed by atoms with Gasteiger partial charge in [-0.15, -0.1) is 0 Å². The minimum atomic E-state index is -0.120. The normalized spacial score (nSPS) is 17.4. The van der Waals surface area contributed by atoms with Gasteiger partial charge in [0.25, 0.3) is 5.91 Å². The fourth-order valence-electron chi connectivity index (χ4n) is 3.42. The van der Waals surface area contributed by atoms with Crippen LogP contribution in [-0.4, -0.2) is 30.1 Å². The zero-order valence-corrected chi connectivity index (χ0v) is 18.7. The van der Waals surface area contributed by atoms with E-state index in [1.165, 1.54) is 11.8 Å². The molecule has 0 saturated carbocycles. The molecule has 31 heavy (non-hydrogen) atoms. The predicted molar refractivity (Wildman–Crippen MR) is 132 cm³/mol. The maximum atomic E-state index is 13.4. The first kappa shape index (κ1) is 20.9. The topological polar surface area (TPSA) is 35.9 Å². The van der Waals surface area contributed by atoms with E-state index in [1.54, 1.807) is 4.90 Å². The molecule has 1 amide bonds. The molecule has 0 aromatic heterocycles. The molecule has 4 nitrogen and oxygen atoms in total. The summed E-state index contributed by atoms with van der Waals surface area (Å²) in [5.74, 6) is -0.0206. The summed E-state index contributed by atoms with van der Waals surface area (Å²) in [6.45, 7) is 2.04. The Balaban J connectivity index is 1.71. The molecule has 0 N–H and O–H groups in total. The van der Waals surface area contributed by atoms with Gasteiger partial charge in [-0.2, -0.15) is 0 Å². The van der Waals surface area contributed by atoms with Crippen molar-refractivity contribution in [3.8, 4) is 0 Å². The van der Waals surface area contributed by atoms with Gasteiger partial charge in [0.1, 0.15) is 0 Å². The number of carbonyl (C=O) groups excluding carboxylic acids is 1. The number of thioether (sulfide) groups is 1. The Bertz CT molecular complexity index is 1110. The molecule has 3 aromatic carbocycles. The second kappa shape index (κ2) is 9.23. The van der Waals surface area contributed by atoms with Crippen LogP contribution in [0.4, 0.5) is 11.4 Å². The number of hydrogen-bond acceptors (Lipinski definition) is 4. The van der Waals surface area contributed by atoms with Crippen LogP contribution >= 0.6 is 11.8 Å². The molecule has 1 aliphatic rings. The number of amides is 1. The molecule has 156 valence electrons. The van der Waals surface area contributed by atoms with Crippen molar-refractivity contribution >= 4 is 40.3 Å². The minimum Gasteiger partial charge on any atom is -0.378 e. The van der Waals surface area contributed by atoms with E-state index >= 15 is 0 Å². The number of benzene rings is 3. The van der Waals surface area contributed by atoms with Crippen molar-refractivity contribution in [1.29, 1.82) is 0 Å². The van der Waals surface area contributed by atoms with E-state index in [-0.39, 0.29) is 11.9 Å². The number of rotatable bonds is 5. The van der Waals surface area contributed by atoms with Gasteiger partial charge in [-0.25, -0.2) is 4.99 Å². The fourth-order valence-corrected chi connectivity index (χ4v) is 4.49. The Morgan fingerprint density at radius 3 is 2.13 bits per heavy atom. The van der Waals surface area contributed by atoms with E-state index in [4.69, 9.17) is 4.99 Å². The summed E-state index contributed by atoms with van der Waals surface area (Å²) in [7, 11) is 4.03. The van der Waals surface area contributed by atoms with Gasteiger partial charge >= 0.3 is 0 Å². The standard InChI is InChI=1S/C26H25N3OS/c1-19(21-10-6-4-7-11-21)29-25(30)24(18-20-14-16-23(17-15-20)28(2)3)31-26(29)27-22-12-8-5-9-13-22/h4-19H,1-3H3/b24-18+,27-26?/t19-/m1/s1. The Morgan fingerprint density at radius 1 is 0.903 bits per heavy atom. The number of para-hydroxylation sites is 1. The van der Waals surface area contributed by atoms with Crippen molar-refractivity contribution in [2.75, 3.05) is 19.0 Å². The monoisotopic (exact) mass is 427 g/mol. The highest BCUT2D eigenvalue weighted by molar-refractivity contribution is 8.18. The zero-order chi connectivity index (χ0) is 21.8. The summed E-state index contributed by atoms with van der Waals surface area (Å²) >= 11 is 1.43. The molecule has 1 fully saturated rings. The lowest BCUT2D eigenvalue weighted by molar-refractivity contribution is -0.123. The number of amidine groups is 1. The van der Waals surface area contributed by atoms with E-state index < -0.39 is 0 Å². The van der Waals surface area contributed by atoms with Crippen LogP contribution in [-0.2, 0) is 4.79 Å². The smallest absolute Gasteiger partial charge is 0.267 e. The largest absolute Gasteiger partial charge is 0.378 e. The lowest BCUT2D eigenvalue weighted by atomic mass is 10.1.